The van der Waals surface area contributed by atoms with E-state index in [1.165, 1.54) is 0 Å². The third-order valence-electron chi connectivity index (χ3n) is 2.99. The Labute approximate surface area is 106 Å². The fourth-order valence-electron chi connectivity index (χ4n) is 2.09. The minimum Gasteiger partial charge on any atom is -0.354 e. The summed E-state index contributed by atoms with van der Waals surface area (Å²) in [6.07, 6.45) is 1.02. The van der Waals surface area contributed by atoms with Crippen molar-refractivity contribution in [3.63, 3.8) is 0 Å². The predicted molar refractivity (Wildman–Crippen MR) is 68.1 cm³/mol. The number of hydrogen-bond acceptors (Lipinski definition) is 3. The standard InChI is InChI=1S/C13H17N3O2/c14-6-5-9-3-1-2-4-11(9)13(18)16-10-7-12(17)15-8-10/h1-4,10H,5-8,14H2,(H,15,17)(H,16,18). The molecular formula is C13H17N3O2. The van der Waals surface area contributed by atoms with Crippen LogP contribution >= 0.6 is 0 Å². The van der Waals surface area contributed by atoms with Crippen molar-refractivity contribution in [1.29, 1.82) is 0 Å². The molecule has 1 saturated heterocycles. The second kappa shape index (κ2) is 5.64. The number of amides is 2. The molecule has 18 heavy (non-hydrogen) atoms. The average molecular weight is 247 g/mol. The van der Waals surface area contributed by atoms with Crippen LogP contribution in [-0.4, -0.2) is 30.9 Å². The number of benzene rings is 1. The third kappa shape index (κ3) is 2.87. The third-order valence-corrected chi connectivity index (χ3v) is 2.99. The lowest BCUT2D eigenvalue weighted by Gasteiger charge is -2.13. The van der Waals surface area contributed by atoms with E-state index >= 15 is 0 Å². The predicted octanol–water partition coefficient (Wildman–Crippen LogP) is -0.194. The fraction of sp³-hybridized carbons (Fsp3) is 0.385. The van der Waals surface area contributed by atoms with Crippen molar-refractivity contribution in [3.8, 4) is 0 Å². The highest BCUT2D eigenvalue weighted by Gasteiger charge is 2.23. The fourth-order valence-corrected chi connectivity index (χ4v) is 2.09. The first-order valence-electron chi connectivity index (χ1n) is 6.06. The number of nitrogens with one attached hydrogen (secondary N) is 2. The summed E-state index contributed by atoms with van der Waals surface area (Å²) in [7, 11) is 0. The maximum atomic E-state index is 12.1. The molecule has 96 valence electrons. The molecule has 5 heteroatoms. The summed E-state index contributed by atoms with van der Waals surface area (Å²) >= 11 is 0. The van der Waals surface area contributed by atoms with Crippen LogP contribution in [0.15, 0.2) is 24.3 Å². The molecule has 0 bridgehead atoms. The molecule has 0 aliphatic carbocycles. The number of hydrogen-bond donors (Lipinski definition) is 3. The van der Waals surface area contributed by atoms with Crippen molar-refractivity contribution in [2.45, 2.75) is 18.9 Å². The first-order chi connectivity index (χ1) is 8.70. The molecular weight excluding hydrogens is 230 g/mol. The Morgan fingerprint density at radius 2 is 2.22 bits per heavy atom. The number of carbonyl (C=O) groups excluding carboxylic acids is 2. The molecule has 0 aromatic heterocycles. The molecule has 2 amide bonds. The Hall–Kier alpha value is -1.88. The van der Waals surface area contributed by atoms with Gasteiger partial charge in [0, 0.05) is 18.5 Å². The largest absolute Gasteiger partial charge is 0.354 e. The lowest BCUT2D eigenvalue weighted by Crippen LogP contribution is -2.36. The van der Waals surface area contributed by atoms with Gasteiger partial charge in [0.25, 0.3) is 5.91 Å². The van der Waals surface area contributed by atoms with Gasteiger partial charge < -0.3 is 16.4 Å². The Balaban J connectivity index is 2.06. The molecule has 1 unspecified atom stereocenters. The summed E-state index contributed by atoms with van der Waals surface area (Å²) in [6, 6.07) is 7.29. The zero-order valence-corrected chi connectivity index (χ0v) is 10.1. The number of nitrogens with two attached hydrogens (primary N) is 1. The molecule has 2 rings (SSSR count). The smallest absolute Gasteiger partial charge is 0.251 e. The van der Waals surface area contributed by atoms with Crippen LogP contribution in [0.2, 0.25) is 0 Å². The van der Waals surface area contributed by atoms with E-state index in [0.29, 0.717) is 31.5 Å². The number of rotatable bonds is 4. The van der Waals surface area contributed by atoms with E-state index in [1.807, 2.05) is 18.2 Å². The van der Waals surface area contributed by atoms with Gasteiger partial charge in [-0.3, -0.25) is 9.59 Å². The van der Waals surface area contributed by atoms with E-state index < -0.39 is 0 Å². The minimum absolute atomic E-state index is 0.0180. The minimum atomic E-state index is -0.138. The van der Waals surface area contributed by atoms with Gasteiger partial charge in [-0.05, 0) is 24.6 Å². The van der Waals surface area contributed by atoms with Crippen LogP contribution in [0.25, 0.3) is 0 Å². The van der Waals surface area contributed by atoms with E-state index in [4.69, 9.17) is 5.73 Å². The summed E-state index contributed by atoms with van der Waals surface area (Å²) < 4.78 is 0. The topological polar surface area (TPSA) is 84.2 Å². The Bertz CT molecular complexity index is 459. The zero-order valence-electron chi connectivity index (χ0n) is 10.1. The SMILES string of the molecule is NCCc1ccccc1C(=O)NC1CNC(=O)C1. The lowest BCUT2D eigenvalue weighted by atomic mass is 10.0. The van der Waals surface area contributed by atoms with Gasteiger partial charge in [0.15, 0.2) is 0 Å². The molecule has 1 aliphatic rings. The molecule has 1 atom stereocenters. The van der Waals surface area contributed by atoms with Gasteiger partial charge in [-0.15, -0.1) is 0 Å². The van der Waals surface area contributed by atoms with Crippen molar-refractivity contribution in [2.75, 3.05) is 13.1 Å². The summed E-state index contributed by atoms with van der Waals surface area (Å²) in [6.45, 7) is 1.01. The van der Waals surface area contributed by atoms with Gasteiger partial charge in [0.1, 0.15) is 0 Å². The van der Waals surface area contributed by atoms with Gasteiger partial charge in [0.05, 0.1) is 6.04 Å². The first kappa shape index (κ1) is 12.6. The van der Waals surface area contributed by atoms with E-state index in [9.17, 15) is 9.59 Å². The van der Waals surface area contributed by atoms with Crippen LogP contribution in [0, 0.1) is 0 Å². The molecule has 1 heterocycles. The van der Waals surface area contributed by atoms with Crippen molar-refractivity contribution in [1.82, 2.24) is 10.6 Å². The zero-order chi connectivity index (χ0) is 13.0. The van der Waals surface area contributed by atoms with E-state index in [1.54, 1.807) is 6.07 Å². The van der Waals surface area contributed by atoms with Crippen LogP contribution in [0.5, 0.6) is 0 Å². The van der Waals surface area contributed by atoms with Crippen molar-refractivity contribution in [2.24, 2.45) is 5.73 Å². The normalized spacial score (nSPS) is 18.5. The maximum absolute atomic E-state index is 12.1. The Morgan fingerprint density at radius 3 is 2.89 bits per heavy atom. The maximum Gasteiger partial charge on any atom is 0.251 e. The van der Waals surface area contributed by atoms with Gasteiger partial charge in [-0.1, -0.05) is 18.2 Å². The number of carbonyl (C=O) groups is 2. The summed E-state index contributed by atoms with van der Waals surface area (Å²) in [5.41, 5.74) is 7.11. The molecule has 0 spiro atoms. The van der Waals surface area contributed by atoms with Gasteiger partial charge >= 0.3 is 0 Å². The highest BCUT2D eigenvalue weighted by Crippen LogP contribution is 2.10. The molecule has 5 nitrogen and oxygen atoms in total. The van der Waals surface area contributed by atoms with Crippen LogP contribution < -0.4 is 16.4 Å². The molecule has 0 saturated carbocycles. The molecule has 1 fully saturated rings. The summed E-state index contributed by atoms with van der Waals surface area (Å²) in [4.78, 5) is 23.2. The van der Waals surface area contributed by atoms with E-state index in [-0.39, 0.29) is 17.9 Å². The van der Waals surface area contributed by atoms with E-state index in [2.05, 4.69) is 10.6 Å². The quantitative estimate of drug-likeness (QED) is 0.689. The van der Waals surface area contributed by atoms with Crippen molar-refractivity contribution < 1.29 is 9.59 Å². The summed E-state index contributed by atoms with van der Waals surface area (Å²) in [5, 5.41) is 5.55. The molecule has 4 N–H and O–H groups in total. The van der Waals surface area contributed by atoms with E-state index in [0.717, 1.165) is 5.56 Å². The van der Waals surface area contributed by atoms with Crippen LogP contribution in [-0.2, 0) is 11.2 Å². The molecule has 1 aromatic carbocycles. The van der Waals surface area contributed by atoms with Gasteiger partial charge in [-0.2, -0.15) is 0 Å². The second-order valence-corrected chi connectivity index (χ2v) is 4.37. The first-order valence-corrected chi connectivity index (χ1v) is 6.06. The highest BCUT2D eigenvalue weighted by atomic mass is 16.2. The Morgan fingerprint density at radius 1 is 1.44 bits per heavy atom. The highest BCUT2D eigenvalue weighted by molar-refractivity contribution is 5.96. The second-order valence-electron chi connectivity index (χ2n) is 4.37. The van der Waals surface area contributed by atoms with Crippen LogP contribution in [0.1, 0.15) is 22.3 Å². The van der Waals surface area contributed by atoms with Crippen molar-refractivity contribution in [3.05, 3.63) is 35.4 Å². The van der Waals surface area contributed by atoms with Crippen LogP contribution in [0.3, 0.4) is 0 Å². The average Bonchev–Trinajstić information content (AvgIpc) is 2.76. The monoisotopic (exact) mass is 247 g/mol. The van der Waals surface area contributed by atoms with Crippen molar-refractivity contribution >= 4 is 11.8 Å². The van der Waals surface area contributed by atoms with Gasteiger partial charge in [0.2, 0.25) is 5.91 Å². The Kier molecular flexibility index (Phi) is 3.94. The van der Waals surface area contributed by atoms with Gasteiger partial charge in [-0.25, -0.2) is 0 Å². The lowest BCUT2D eigenvalue weighted by molar-refractivity contribution is -0.119. The molecule has 0 radical (unpaired) electrons. The molecule has 1 aromatic rings. The molecule has 1 aliphatic heterocycles. The van der Waals surface area contributed by atoms with Crippen LogP contribution in [0.4, 0.5) is 0 Å². The summed E-state index contributed by atoms with van der Waals surface area (Å²) in [5.74, 6) is -0.156.